The monoisotopic (exact) mass is 447 g/mol. The van der Waals surface area contributed by atoms with Gasteiger partial charge < -0.3 is 19.0 Å². The highest BCUT2D eigenvalue weighted by molar-refractivity contribution is 9.10. The first kappa shape index (κ1) is 19.0. The lowest BCUT2D eigenvalue weighted by Gasteiger charge is -2.33. The third-order valence-electron chi connectivity index (χ3n) is 4.84. The van der Waals surface area contributed by atoms with E-state index in [9.17, 15) is 9.59 Å². The number of likely N-dealkylation sites (tertiary alicyclic amines) is 1. The van der Waals surface area contributed by atoms with Gasteiger partial charge in [0.25, 0.3) is 5.56 Å². The minimum Gasteiger partial charge on any atom is -0.449 e. The number of ether oxygens (including phenoxy) is 1. The number of carbonyl (C=O) groups is 1. The molecule has 4 rings (SSSR count). The second kappa shape index (κ2) is 6.92. The van der Waals surface area contributed by atoms with E-state index in [1.54, 1.807) is 4.90 Å². The Hall–Kier alpha value is -2.35. The Kier molecular flexibility index (Phi) is 4.69. The molecule has 1 aliphatic rings. The number of furan rings is 1. The molecule has 0 bridgehead atoms. The van der Waals surface area contributed by atoms with Crippen LogP contribution in [0, 0.1) is 0 Å². The topological polar surface area (TPSA) is 88.4 Å². The average molecular weight is 448 g/mol. The molecule has 1 saturated heterocycles. The highest BCUT2D eigenvalue weighted by atomic mass is 79.9. The van der Waals surface area contributed by atoms with Crippen molar-refractivity contribution < 1.29 is 13.9 Å². The molecule has 7 nitrogen and oxygen atoms in total. The molecule has 3 aromatic rings. The minimum absolute atomic E-state index is 0.0767. The Morgan fingerprint density at radius 2 is 2.04 bits per heavy atom. The van der Waals surface area contributed by atoms with Crippen LogP contribution in [-0.4, -0.2) is 39.7 Å². The SMILES string of the molecule is CC(C)(C)OC(=O)N1CCC(c2nc3c(oc4ccc(Br)cc43)c(=O)[nH]2)CC1. The third-order valence-corrected chi connectivity index (χ3v) is 5.33. The quantitative estimate of drug-likeness (QED) is 0.590. The normalized spacial score (nSPS) is 16.1. The zero-order valence-electron chi connectivity index (χ0n) is 16.0. The van der Waals surface area contributed by atoms with Crippen LogP contribution in [-0.2, 0) is 4.74 Å². The number of hydrogen-bond acceptors (Lipinski definition) is 5. The molecular weight excluding hydrogens is 426 g/mol. The summed E-state index contributed by atoms with van der Waals surface area (Å²) >= 11 is 3.45. The standard InChI is InChI=1S/C20H22BrN3O4/c1-20(2,3)28-19(26)24-8-6-11(7-9-24)17-22-15-13-10-12(21)4-5-14(13)27-16(15)18(25)23-17/h4-5,10-11H,6-9H2,1-3H3,(H,22,23,25). The summed E-state index contributed by atoms with van der Waals surface area (Å²) in [7, 11) is 0. The van der Waals surface area contributed by atoms with Crippen LogP contribution < -0.4 is 5.56 Å². The van der Waals surface area contributed by atoms with E-state index in [0.717, 1.165) is 9.86 Å². The lowest BCUT2D eigenvalue weighted by molar-refractivity contribution is 0.0203. The average Bonchev–Trinajstić information content (AvgIpc) is 2.99. The Bertz CT molecular complexity index is 1100. The highest BCUT2D eigenvalue weighted by Gasteiger charge is 2.29. The Balaban J connectivity index is 1.59. The van der Waals surface area contributed by atoms with Crippen molar-refractivity contribution in [2.24, 2.45) is 0 Å². The lowest BCUT2D eigenvalue weighted by Crippen LogP contribution is -2.41. The van der Waals surface area contributed by atoms with Crippen LogP contribution in [0.1, 0.15) is 45.4 Å². The molecular formula is C20H22BrN3O4. The number of benzene rings is 1. The Morgan fingerprint density at radius 3 is 2.71 bits per heavy atom. The summed E-state index contributed by atoms with van der Waals surface area (Å²) in [5.74, 6) is 0.719. The van der Waals surface area contributed by atoms with E-state index in [2.05, 4.69) is 20.9 Å². The van der Waals surface area contributed by atoms with Gasteiger partial charge in [0, 0.05) is 28.9 Å². The number of aromatic nitrogens is 2. The zero-order chi connectivity index (χ0) is 20.1. The van der Waals surface area contributed by atoms with Crippen molar-refractivity contribution in [2.45, 2.75) is 45.1 Å². The van der Waals surface area contributed by atoms with Gasteiger partial charge in [-0.05, 0) is 51.8 Å². The number of nitrogens with one attached hydrogen (secondary N) is 1. The van der Waals surface area contributed by atoms with E-state index in [-0.39, 0.29) is 23.2 Å². The Labute approximate surface area is 170 Å². The molecule has 0 atom stereocenters. The van der Waals surface area contributed by atoms with Crippen molar-refractivity contribution in [1.29, 1.82) is 0 Å². The largest absolute Gasteiger partial charge is 0.449 e. The molecule has 0 aliphatic carbocycles. The van der Waals surface area contributed by atoms with Crippen molar-refractivity contribution in [3.05, 3.63) is 38.9 Å². The molecule has 1 N–H and O–H groups in total. The number of amides is 1. The number of carbonyl (C=O) groups excluding carboxylic acids is 1. The maximum atomic E-state index is 12.5. The molecule has 28 heavy (non-hydrogen) atoms. The Morgan fingerprint density at radius 1 is 1.32 bits per heavy atom. The fourth-order valence-corrected chi connectivity index (χ4v) is 3.86. The number of halogens is 1. The molecule has 148 valence electrons. The van der Waals surface area contributed by atoms with E-state index >= 15 is 0 Å². The van der Waals surface area contributed by atoms with E-state index in [1.807, 2.05) is 39.0 Å². The van der Waals surface area contributed by atoms with Gasteiger partial charge in [0.2, 0.25) is 5.58 Å². The summed E-state index contributed by atoms with van der Waals surface area (Å²) in [6.07, 6.45) is 1.13. The molecule has 0 saturated carbocycles. The number of rotatable bonds is 1. The van der Waals surface area contributed by atoms with Crippen LogP contribution in [0.15, 0.2) is 31.9 Å². The van der Waals surface area contributed by atoms with Crippen LogP contribution in [0.3, 0.4) is 0 Å². The van der Waals surface area contributed by atoms with E-state index in [0.29, 0.717) is 42.9 Å². The van der Waals surface area contributed by atoms with Gasteiger partial charge in [-0.25, -0.2) is 9.78 Å². The fourth-order valence-electron chi connectivity index (χ4n) is 3.50. The molecule has 2 aromatic heterocycles. The second-order valence-corrected chi connectivity index (χ2v) is 9.03. The molecule has 0 radical (unpaired) electrons. The fraction of sp³-hybridized carbons (Fsp3) is 0.450. The first-order valence-electron chi connectivity index (χ1n) is 9.31. The highest BCUT2D eigenvalue weighted by Crippen LogP contribution is 2.31. The minimum atomic E-state index is -0.512. The van der Waals surface area contributed by atoms with Gasteiger partial charge in [-0.2, -0.15) is 0 Å². The van der Waals surface area contributed by atoms with E-state index in [1.165, 1.54) is 0 Å². The molecule has 1 aliphatic heterocycles. The molecule has 1 amide bonds. The smallest absolute Gasteiger partial charge is 0.410 e. The van der Waals surface area contributed by atoms with Crippen LogP contribution >= 0.6 is 15.9 Å². The van der Waals surface area contributed by atoms with E-state index < -0.39 is 5.60 Å². The lowest BCUT2D eigenvalue weighted by atomic mass is 9.96. The van der Waals surface area contributed by atoms with Crippen molar-refractivity contribution in [1.82, 2.24) is 14.9 Å². The summed E-state index contributed by atoms with van der Waals surface area (Å²) in [6.45, 7) is 6.71. The zero-order valence-corrected chi connectivity index (χ0v) is 17.6. The molecule has 3 heterocycles. The van der Waals surface area contributed by atoms with Crippen molar-refractivity contribution >= 4 is 44.1 Å². The van der Waals surface area contributed by atoms with Crippen LogP contribution in [0.5, 0.6) is 0 Å². The molecule has 0 unspecified atom stereocenters. The van der Waals surface area contributed by atoms with Crippen LogP contribution in [0.25, 0.3) is 22.1 Å². The van der Waals surface area contributed by atoms with Crippen LogP contribution in [0.2, 0.25) is 0 Å². The number of nitrogens with zero attached hydrogens (tertiary/aromatic N) is 2. The number of piperidine rings is 1. The first-order valence-corrected chi connectivity index (χ1v) is 10.1. The molecule has 0 spiro atoms. The predicted octanol–water partition coefficient (Wildman–Crippen LogP) is 4.55. The van der Waals surface area contributed by atoms with E-state index in [4.69, 9.17) is 14.1 Å². The number of hydrogen-bond donors (Lipinski definition) is 1. The molecule has 8 heteroatoms. The van der Waals surface area contributed by atoms with Gasteiger partial charge in [-0.15, -0.1) is 0 Å². The third kappa shape index (κ3) is 3.65. The number of H-pyrrole nitrogens is 1. The summed E-state index contributed by atoms with van der Waals surface area (Å²) < 4.78 is 12.0. The predicted molar refractivity (Wildman–Crippen MR) is 110 cm³/mol. The van der Waals surface area contributed by atoms with Crippen molar-refractivity contribution in [2.75, 3.05) is 13.1 Å². The van der Waals surface area contributed by atoms with Gasteiger partial charge in [0.1, 0.15) is 22.5 Å². The van der Waals surface area contributed by atoms with Gasteiger partial charge in [0.05, 0.1) is 0 Å². The first-order chi connectivity index (χ1) is 13.2. The summed E-state index contributed by atoms with van der Waals surface area (Å²) in [6, 6.07) is 5.59. The molecule has 1 aromatic carbocycles. The number of aromatic amines is 1. The van der Waals surface area contributed by atoms with Crippen LogP contribution in [0.4, 0.5) is 4.79 Å². The number of fused-ring (bicyclic) bond motifs is 3. The maximum Gasteiger partial charge on any atom is 0.410 e. The summed E-state index contributed by atoms with van der Waals surface area (Å²) in [4.78, 5) is 34.1. The maximum absolute atomic E-state index is 12.5. The van der Waals surface area contributed by atoms with Crippen molar-refractivity contribution in [3.8, 4) is 0 Å². The van der Waals surface area contributed by atoms with Gasteiger partial charge in [0.15, 0.2) is 0 Å². The van der Waals surface area contributed by atoms with Gasteiger partial charge >= 0.3 is 6.09 Å². The summed E-state index contributed by atoms with van der Waals surface area (Å²) in [5.41, 5.74) is 0.658. The second-order valence-electron chi connectivity index (χ2n) is 8.11. The summed E-state index contributed by atoms with van der Waals surface area (Å²) in [5, 5.41) is 0.808. The van der Waals surface area contributed by atoms with Gasteiger partial charge in [-0.1, -0.05) is 15.9 Å². The van der Waals surface area contributed by atoms with Gasteiger partial charge in [-0.3, -0.25) is 4.79 Å². The van der Waals surface area contributed by atoms with Crippen molar-refractivity contribution in [3.63, 3.8) is 0 Å². The molecule has 1 fully saturated rings.